The summed E-state index contributed by atoms with van der Waals surface area (Å²) in [4.78, 5) is 13.4. The number of likely N-dealkylation sites (N-methyl/N-ethyl adjacent to an activating group) is 1. The molecule has 2 rings (SSSR count). The van der Waals surface area contributed by atoms with Crippen LogP contribution in [0.4, 0.5) is 5.69 Å². The zero-order chi connectivity index (χ0) is 11.9. The van der Waals surface area contributed by atoms with Gasteiger partial charge in [0.2, 0.25) is 0 Å². The molecule has 0 spiro atoms. The molecule has 1 aromatic rings. The average molecular weight is 221 g/mol. The molecule has 0 radical (unpaired) electrons. The van der Waals surface area contributed by atoms with E-state index in [4.69, 9.17) is 4.74 Å². The molecule has 4 heteroatoms. The van der Waals surface area contributed by atoms with Crippen molar-refractivity contribution in [2.45, 2.75) is 18.9 Å². The molecule has 1 N–H and O–H groups in total. The number of nitrogens with zero attached hydrogens (tertiary/aromatic N) is 1. The molecule has 1 atom stereocenters. The third kappa shape index (κ3) is 1.23. The second-order valence-corrected chi connectivity index (χ2v) is 3.96. The highest BCUT2D eigenvalue weighted by atomic mass is 16.5. The van der Waals surface area contributed by atoms with Gasteiger partial charge in [0.05, 0.1) is 12.8 Å². The van der Waals surface area contributed by atoms with Crippen molar-refractivity contribution in [3.63, 3.8) is 0 Å². The summed E-state index contributed by atoms with van der Waals surface area (Å²) < 4.78 is 5.11. The van der Waals surface area contributed by atoms with Gasteiger partial charge in [0.15, 0.2) is 5.60 Å². The maximum Gasteiger partial charge on any atom is 0.263 e. The first-order chi connectivity index (χ1) is 7.54. The fraction of sp³-hybridized carbons (Fsp3) is 0.417. The molecule has 0 aliphatic carbocycles. The first-order valence-corrected chi connectivity index (χ1v) is 5.23. The first-order valence-electron chi connectivity index (χ1n) is 5.23. The van der Waals surface area contributed by atoms with E-state index in [0.717, 1.165) is 5.69 Å². The van der Waals surface area contributed by atoms with Gasteiger partial charge in [-0.15, -0.1) is 0 Å². The number of methoxy groups -OCH3 is 1. The zero-order valence-corrected chi connectivity index (χ0v) is 9.65. The first kappa shape index (κ1) is 11.0. The second-order valence-electron chi connectivity index (χ2n) is 3.96. The number of fused-ring (bicyclic) bond motifs is 1. The molecule has 0 saturated heterocycles. The van der Waals surface area contributed by atoms with Crippen LogP contribution >= 0.6 is 0 Å². The Morgan fingerprint density at radius 1 is 1.50 bits per heavy atom. The zero-order valence-electron chi connectivity index (χ0n) is 9.65. The van der Waals surface area contributed by atoms with Crippen molar-refractivity contribution in [3.8, 4) is 5.75 Å². The van der Waals surface area contributed by atoms with E-state index in [-0.39, 0.29) is 5.91 Å². The Kier molecular flexibility index (Phi) is 2.39. The van der Waals surface area contributed by atoms with Gasteiger partial charge in [-0.05, 0) is 24.6 Å². The van der Waals surface area contributed by atoms with Crippen LogP contribution in [0.5, 0.6) is 5.75 Å². The van der Waals surface area contributed by atoms with Gasteiger partial charge >= 0.3 is 0 Å². The molecule has 86 valence electrons. The lowest BCUT2D eigenvalue weighted by molar-refractivity contribution is -0.136. The van der Waals surface area contributed by atoms with Crippen molar-refractivity contribution in [3.05, 3.63) is 23.8 Å². The molecule has 0 saturated carbocycles. The highest BCUT2D eigenvalue weighted by Gasteiger charge is 2.47. The van der Waals surface area contributed by atoms with Crippen molar-refractivity contribution in [2.75, 3.05) is 19.1 Å². The summed E-state index contributed by atoms with van der Waals surface area (Å²) in [6.07, 6.45) is 0.357. The lowest BCUT2D eigenvalue weighted by Crippen LogP contribution is -2.37. The number of anilines is 1. The summed E-state index contributed by atoms with van der Waals surface area (Å²) in [6.45, 7) is 1.79. The van der Waals surface area contributed by atoms with E-state index in [0.29, 0.717) is 17.7 Å². The monoisotopic (exact) mass is 221 g/mol. The highest BCUT2D eigenvalue weighted by molar-refractivity contribution is 6.06. The Balaban J connectivity index is 2.62. The van der Waals surface area contributed by atoms with E-state index >= 15 is 0 Å². The fourth-order valence-corrected chi connectivity index (χ4v) is 2.11. The minimum Gasteiger partial charge on any atom is -0.497 e. The van der Waals surface area contributed by atoms with Crippen molar-refractivity contribution in [1.82, 2.24) is 0 Å². The number of amides is 1. The van der Waals surface area contributed by atoms with E-state index < -0.39 is 5.60 Å². The van der Waals surface area contributed by atoms with Crippen LogP contribution in [0.15, 0.2) is 18.2 Å². The molecule has 1 amide bonds. The fourth-order valence-electron chi connectivity index (χ4n) is 2.11. The third-order valence-electron chi connectivity index (χ3n) is 3.18. The van der Waals surface area contributed by atoms with Gasteiger partial charge in [-0.25, -0.2) is 0 Å². The lowest BCUT2D eigenvalue weighted by Gasteiger charge is -2.19. The molecule has 1 unspecified atom stereocenters. The van der Waals surface area contributed by atoms with Crippen molar-refractivity contribution in [2.24, 2.45) is 0 Å². The van der Waals surface area contributed by atoms with Crippen LogP contribution in [-0.2, 0) is 10.4 Å². The number of ether oxygens (including phenoxy) is 1. The van der Waals surface area contributed by atoms with Crippen molar-refractivity contribution >= 4 is 11.6 Å². The molecule has 0 aromatic heterocycles. The van der Waals surface area contributed by atoms with Crippen LogP contribution in [-0.4, -0.2) is 25.2 Å². The summed E-state index contributed by atoms with van der Waals surface area (Å²) in [5.74, 6) is 0.368. The van der Waals surface area contributed by atoms with Crippen LogP contribution in [0.25, 0.3) is 0 Å². The molecule has 1 aliphatic rings. The molecule has 4 nitrogen and oxygen atoms in total. The molecule has 0 fully saturated rings. The van der Waals surface area contributed by atoms with Gasteiger partial charge in [-0.2, -0.15) is 0 Å². The summed E-state index contributed by atoms with van der Waals surface area (Å²) in [5.41, 5.74) is -0.0319. The minimum absolute atomic E-state index is 0.279. The lowest BCUT2D eigenvalue weighted by atomic mass is 9.92. The van der Waals surface area contributed by atoms with Crippen LogP contribution in [0.2, 0.25) is 0 Å². The van der Waals surface area contributed by atoms with Gasteiger partial charge < -0.3 is 14.7 Å². The second kappa shape index (κ2) is 3.49. The Morgan fingerprint density at radius 3 is 2.75 bits per heavy atom. The van der Waals surface area contributed by atoms with Gasteiger partial charge in [0.25, 0.3) is 5.91 Å². The van der Waals surface area contributed by atoms with Gasteiger partial charge in [-0.1, -0.05) is 6.92 Å². The molecule has 1 heterocycles. The van der Waals surface area contributed by atoms with E-state index in [9.17, 15) is 9.90 Å². The summed E-state index contributed by atoms with van der Waals surface area (Å²) in [7, 11) is 3.23. The predicted octanol–water partition coefficient (Wildman–Crippen LogP) is 1.27. The van der Waals surface area contributed by atoms with Crippen molar-refractivity contribution in [1.29, 1.82) is 0 Å². The van der Waals surface area contributed by atoms with E-state index in [1.165, 1.54) is 4.90 Å². The molecule has 1 aliphatic heterocycles. The molecule has 0 bridgehead atoms. The topological polar surface area (TPSA) is 49.8 Å². The number of benzene rings is 1. The quantitative estimate of drug-likeness (QED) is 0.818. The Bertz CT molecular complexity index is 444. The molecular weight excluding hydrogens is 206 g/mol. The predicted molar refractivity (Wildman–Crippen MR) is 60.6 cm³/mol. The SMILES string of the molecule is CCC1(O)C(=O)N(C)c2ccc(OC)cc21. The van der Waals surface area contributed by atoms with E-state index in [2.05, 4.69) is 0 Å². The van der Waals surface area contributed by atoms with Crippen LogP contribution in [0, 0.1) is 0 Å². The number of aliphatic hydroxyl groups is 1. The highest BCUT2D eigenvalue weighted by Crippen LogP contribution is 2.42. The van der Waals surface area contributed by atoms with Gasteiger partial charge in [0, 0.05) is 12.6 Å². The molecular formula is C12H15NO3. The average Bonchev–Trinajstić information content (AvgIpc) is 2.52. The number of rotatable bonds is 2. The standard InChI is InChI=1S/C12H15NO3/c1-4-12(15)9-7-8(16-3)5-6-10(9)13(2)11(12)14/h5-7,15H,4H2,1-3H3. The Labute approximate surface area is 94.4 Å². The molecule has 1 aromatic carbocycles. The number of hydrogen-bond acceptors (Lipinski definition) is 3. The molecule has 16 heavy (non-hydrogen) atoms. The maximum absolute atomic E-state index is 11.9. The summed E-state index contributed by atoms with van der Waals surface area (Å²) >= 11 is 0. The van der Waals surface area contributed by atoms with Gasteiger partial charge in [-0.3, -0.25) is 4.79 Å². The maximum atomic E-state index is 11.9. The van der Waals surface area contributed by atoms with E-state index in [1.54, 1.807) is 39.3 Å². The smallest absolute Gasteiger partial charge is 0.263 e. The third-order valence-corrected chi connectivity index (χ3v) is 3.18. The summed E-state index contributed by atoms with van der Waals surface area (Å²) in [5, 5.41) is 10.4. The minimum atomic E-state index is -1.40. The van der Waals surface area contributed by atoms with Crippen LogP contribution in [0.3, 0.4) is 0 Å². The Hall–Kier alpha value is -1.55. The Morgan fingerprint density at radius 2 is 2.19 bits per heavy atom. The van der Waals surface area contributed by atoms with Crippen LogP contribution in [0.1, 0.15) is 18.9 Å². The summed E-state index contributed by atoms with van der Waals surface area (Å²) in [6, 6.07) is 5.30. The number of hydrogen-bond donors (Lipinski definition) is 1. The number of carbonyl (C=O) groups is 1. The number of carbonyl (C=O) groups excluding carboxylic acids is 1. The largest absolute Gasteiger partial charge is 0.497 e. The van der Waals surface area contributed by atoms with Gasteiger partial charge in [0.1, 0.15) is 5.75 Å². The van der Waals surface area contributed by atoms with Crippen LogP contribution < -0.4 is 9.64 Å². The van der Waals surface area contributed by atoms with E-state index in [1.807, 2.05) is 0 Å². The van der Waals surface area contributed by atoms with Crippen molar-refractivity contribution < 1.29 is 14.6 Å². The normalized spacial score (nSPS) is 23.5.